The number of carbonyl (C=O) groups is 3. The average Bonchev–Trinajstić information content (AvgIpc) is 2.94. The molecule has 0 spiro atoms. The van der Waals surface area contributed by atoms with Gasteiger partial charge in [0.05, 0.1) is 62.8 Å². The highest BCUT2D eigenvalue weighted by Gasteiger charge is 2.32. The molecule has 1 atom stereocenters. The molecule has 15 heteroatoms. The fourth-order valence-corrected chi connectivity index (χ4v) is 3.80. The van der Waals surface area contributed by atoms with Gasteiger partial charge >= 0.3 is 12.0 Å². The molecular formula is C25H27N5O10. The second kappa shape index (κ2) is 12.9. The van der Waals surface area contributed by atoms with Crippen LogP contribution in [0.2, 0.25) is 0 Å². The minimum absolute atomic E-state index is 0.0711. The molecule has 0 radical (unpaired) electrons. The third-order valence-corrected chi connectivity index (χ3v) is 5.68. The maximum absolute atomic E-state index is 12.3. The van der Waals surface area contributed by atoms with Crippen molar-refractivity contribution in [3.8, 4) is 23.0 Å². The summed E-state index contributed by atoms with van der Waals surface area (Å²) >= 11 is 0. The molecule has 3 rings (SSSR count). The number of methoxy groups -OCH3 is 4. The Morgan fingerprint density at radius 1 is 1.05 bits per heavy atom. The van der Waals surface area contributed by atoms with Crippen LogP contribution in [0, 0.1) is 10.1 Å². The van der Waals surface area contributed by atoms with E-state index in [4.69, 9.17) is 23.7 Å². The number of amides is 3. The van der Waals surface area contributed by atoms with Gasteiger partial charge in [-0.05, 0) is 30.7 Å². The molecule has 1 aliphatic heterocycles. The van der Waals surface area contributed by atoms with Crippen LogP contribution in [0.1, 0.15) is 24.1 Å². The summed E-state index contributed by atoms with van der Waals surface area (Å²) in [7, 11) is 5.34. The number of nitro benzene ring substituents is 1. The number of nitrogens with one attached hydrogen (secondary N) is 3. The van der Waals surface area contributed by atoms with Gasteiger partial charge in [-0.1, -0.05) is 6.07 Å². The highest BCUT2D eigenvalue weighted by Crippen LogP contribution is 2.35. The Morgan fingerprint density at radius 2 is 1.70 bits per heavy atom. The van der Waals surface area contributed by atoms with Crippen LogP contribution in [0.5, 0.6) is 23.0 Å². The van der Waals surface area contributed by atoms with Crippen molar-refractivity contribution in [2.75, 3.05) is 35.0 Å². The standard InChI is InChI=1S/C25H27N5O10/c1-13-22(24(32)39-5)23(28-25(33)27-13)14-6-7-17(18(8-14)36-2)40-12-21(31)29-26-11-15-9-19(37-3)20(38-4)10-16(15)30(34)35/h6-11,23H,12H2,1-5H3,(H,29,31)(H2,27,28,33)/b26-11-/t23-/m0/s1. The van der Waals surface area contributed by atoms with E-state index in [0.29, 0.717) is 11.3 Å². The molecule has 0 saturated carbocycles. The Balaban J connectivity index is 1.71. The first kappa shape index (κ1) is 29.2. The lowest BCUT2D eigenvalue weighted by Crippen LogP contribution is -2.45. The molecule has 1 heterocycles. The molecule has 15 nitrogen and oxygen atoms in total. The molecule has 0 aromatic heterocycles. The second-order valence-electron chi connectivity index (χ2n) is 8.08. The molecule has 1 aliphatic rings. The number of hydrazone groups is 1. The lowest BCUT2D eigenvalue weighted by atomic mass is 9.95. The number of esters is 1. The third kappa shape index (κ3) is 6.56. The zero-order valence-electron chi connectivity index (χ0n) is 22.2. The average molecular weight is 558 g/mol. The van der Waals surface area contributed by atoms with E-state index in [-0.39, 0.29) is 39.8 Å². The summed E-state index contributed by atoms with van der Waals surface area (Å²) in [6, 6.07) is 5.87. The Bertz CT molecular complexity index is 1390. The first-order valence-electron chi connectivity index (χ1n) is 11.5. The lowest BCUT2D eigenvalue weighted by molar-refractivity contribution is -0.385. The van der Waals surface area contributed by atoms with Gasteiger partial charge in [0, 0.05) is 5.70 Å². The van der Waals surface area contributed by atoms with E-state index in [9.17, 15) is 24.5 Å². The number of ether oxygens (including phenoxy) is 5. The molecule has 0 aliphatic carbocycles. The van der Waals surface area contributed by atoms with Gasteiger partial charge in [0.25, 0.3) is 11.6 Å². The van der Waals surface area contributed by atoms with Crippen molar-refractivity contribution in [1.82, 2.24) is 16.1 Å². The number of benzene rings is 2. The van der Waals surface area contributed by atoms with Gasteiger partial charge in [0.1, 0.15) is 0 Å². The van der Waals surface area contributed by atoms with E-state index in [0.717, 1.165) is 6.21 Å². The van der Waals surface area contributed by atoms with E-state index in [1.54, 1.807) is 19.1 Å². The maximum Gasteiger partial charge on any atom is 0.337 e. The summed E-state index contributed by atoms with van der Waals surface area (Å²) in [5.74, 6) is -0.453. The summed E-state index contributed by atoms with van der Waals surface area (Å²) in [6.45, 7) is 1.11. The van der Waals surface area contributed by atoms with Crippen LogP contribution in [0.4, 0.5) is 10.5 Å². The van der Waals surface area contributed by atoms with Crippen LogP contribution >= 0.6 is 0 Å². The predicted molar refractivity (Wildman–Crippen MR) is 140 cm³/mol. The lowest BCUT2D eigenvalue weighted by Gasteiger charge is -2.28. The maximum atomic E-state index is 12.3. The van der Waals surface area contributed by atoms with Gasteiger partial charge in [-0.15, -0.1) is 0 Å². The smallest absolute Gasteiger partial charge is 0.337 e. The third-order valence-electron chi connectivity index (χ3n) is 5.68. The number of nitro groups is 1. The van der Waals surface area contributed by atoms with Crippen molar-refractivity contribution in [1.29, 1.82) is 0 Å². The highest BCUT2D eigenvalue weighted by atomic mass is 16.6. The predicted octanol–water partition coefficient (Wildman–Crippen LogP) is 1.95. The van der Waals surface area contributed by atoms with Crippen molar-refractivity contribution in [3.63, 3.8) is 0 Å². The largest absolute Gasteiger partial charge is 0.493 e. The zero-order valence-corrected chi connectivity index (χ0v) is 22.2. The van der Waals surface area contributed by atoms with Crippen molar-refractivity contribution in [2.45, 2.75) is 13.0 Å². The molecule has 0 fully saturated rings. The number of hydrogen-bond acceptors (Lipinski definition) is 11. The summed E-state index contributed by atoms with van der Waals surface area (Å²) in [5.41, 5.74) is 3.05. The second-order valence-corrected chi connectivity index (χ2v) is 8.08. The number of carbonyl (C=O) groups excluding carboxylic acids is 3. The summed E-state index contributed by atoms with van der Waals surface area (Å²) in [5, 5.41) is 20.4. The molecule has 40 heavy (non-hydrogen) atoms. The Morgan fingerprint density at radius 3 is 2.33 bits per heavy atom. The van der Waals surface area contributed by atoms with Crippen molar-refractivity contribution in [2.24, 2.45) is 5.10 Å². The van der Waals surface area contributed by atoms with Crippen LogP contribution in [0.25, 0.3) is 0 Å². The number of hydrogen-bond donors (Lipinski definition) is 3. The molecule has 0 unspecified atom stereocenters. The first-order chi connectivity index (χ1) is 19.1. The van der Waals surface area contributed by atoms with E-state index in [1.165, 1.54) is 46.6 Å². The fraction of sp³-hybridized carbons (Fsp3) is 0.280. The quantitative estimate of drug-likeness (QED) is 0.159. The van der Waals surface area contributed by atoms with Crippen LogP contribution in [-0.2, 0) is 14.3 Å². The Kier molecular flexibility index (Phi) is 9.46. The van der Waals surface area contributed by atoms with Crippen LogP contribution in [-0.4, -0.2) is 64.1 Å². The Hall–Kier alpha value is -5.34. The zero-order chi connectivity index (χ0) is 29.4. The molecule has 2 aromatic carbocycles. The molecule has 212 valence electrons. The summed E-state index contributed by atoms with van der Waals surface area (Å²) in [6.07, 6.45) is 1.09. The minimum Gasteiger partial charge on any atom is -0.493 e. The van der Waals surface area contributed by atoms with E-state index in [2.05, 4.69) is 21.2 Å². The van der Waals surface area contributed by atoms with Crippen molar-refractivity contribution >= 4 is 29.8 Å². The van der Waals surface area contributed by atoms with Gasteiger partial charge in [0.2, 0.25) is 0 Å². The number of rotatable bonds is 11. The van der Waals surface area contributed by atoms with Gasteiger partial charge in [0.15, 0.2) is 29.6 Å². The molecule has 3 N–H and O–H groups in total. The molecule has 2 aromatic rings. The first-order valence-corrected chi connectivity index (χ1v) is 11.5. The van der Waals surface area contributed by atoms with Crippen LogP contribution in [0.15, 0.2) is 46.7 Å². The normalized spacial score (nSPS) is 14.6. The van der Waals surface area contributed by atoms with Crippen molar-refractivity contribution < 1.29 is 43.0 Å². The number of nitrogens with zero attached hydrogens (tertiary/aromatic N) is 2. The monoisotopic (exact) mass is 557 g/mol. The number of urea groups is 1. The van der Waals surface area contributed by atoms with Crippen molar-refractivity contribution in [3.05, 3.63) is 62.8 Å². The van der Waals surface area contributed by atoms with E-state index >= 15 is 0 Å². The van der Waals surface area contributed by atoms with Gasteiger partial charge in [-0.25, -0.2) is 15.0 Å². The van der Waals surface area contributed by atoms with Gasteiger partial charge in [-0.2, -0.15) is 5.10 Å². The highest BCUT2D eigenvalue weighted by molar-refractivity contribution is 5.95. The molecule has 0 saturated heterocycles. The SMILES string of the molecule is COC(=O)C1=C(C)NC(=O)N[C@H]1c1ccc(OCC(=O)N/N=C\c2cc(OC)c(OC)cc2[N+](=O)[O-])c(OC)c1. The molecule has 3 amide bonds. The van der Waals surface area contributed by atoms with E-state index in [1.807, 2.05) is 0 Å². The van der Waals surface area contributed by atoms with Gasteiger partial charge < -0.3 is 34.3 Å². The summed E-state index contributed by atoms with van der Waals surface area (Å²) in [4.78, 5) is 47.5. The summed E-state index contributed by atoms with van der Waals surface area (Å²) < 4.78 is 26.0. The van der Waals surface area contributed by atoms with Crippen LogP contribution in [0.3, 0.4) is 0 Å². The minimum atomic E-state index is -0.817. The van der Waals surface area contributed by atoms with Gasteiger partial charge in [-0.3, -0.25) is 14.9 Å². The number of allylic oxidation sites excluding steroid dienone is 1. The fourth-order valence-electron chi connectivity index (χ4n) is 3.80. The molecule has 0 bridgehead atoms. The van der Waals surface area contributed by atoms with E-state index < -0.39 is 35.5 Å². The topological polar surface area (TPSA) is 189 Å². The molecular weight excluding hydrogens is 530 g/mol. The van der Waals surface area contributed by atoms with Crippen LogP contribution < -0.4 is 35.0 Å². The Labute approximate surface area is 228 Å².